The first-order valence-electron chi connectivity index (χ1n) is 10.7. The third-order valence-corrected chi connectivity index (χ3v) is 6.68. The van der Waals surface area contributed by atoms with Crippen LogP contribution in [0.5, 0.6) is 0 Å². The van der Waals surface area contributed by atoms with Crippen molar-refractivity contribution in [1.82, 2.24) is 24.8 Å². The summed E-state index contributed by atoms with van der Waals surface area (Å²) >= 11 is 2.39. The smallest absolute Gasteiger partial charge is 0.225 e. The summed E-state index contributed by atoms with van der Waals surface area (Å²) < 4.78 is 3.48. The van der Waals surface area contributed by atoms with E-state index in [2.05, 4.69) is 79.2 Å². The Morgan fingerprint density at radius 3 is 2.71 bits per heavy atom. The fourth-order valence-electron chi connectivity index (χ4n) is 4.14. The largest absolute Gasteiger partial charge is 0.350 e. The number of nitrogens with zero attached hydrogens (tertiary/aromatic N) is 4. The highest BCUT2D eigenvalue weighted by molar-refractivity contribution is 14.1. The number of anilines is 1. The van der Waals surface area contributed by atoms with Crippen molar-refractivity contribution in [2.75, 3.05) is 18.4 Å². The minimum Gasteiger partial charge on any atom is -0.350 e. The van der Waals surface area contributed by atoms with Crippen LogP contribution in [0.3, 0.4) is 0 Å². The van der Waals surface area contributed by atoms with Crippen molar-refractivity contribution in [3.63, 3.8) is 0 Å². The minimum atomic E-state index is 0.571. The normalized spacial score (nSPS) is 16.5. The SMILES string of the molecule is Ic1ccccc1-c1nc2cnc(NCc3ccccc3)nc2n1C[C@@H]1CCCNC1. The second-order valence-corrected chi connectivity index (χ2v) is 9.14. The molecule has 1 aliphatic rings. The summed E-state index contributed by atoms with van der Waals surface area (Å²) in [6.45, 7) is 3.74. The van der Waals surface area contributed by atoms with Gasteiger partial charge in [-0.05, 0) is 66.1 Å². The Balaban J connectivity index is 1.52. The number of imidazole rings is 1. The van der Waals surface area contributed by atoms with E-state index in [1.54, 1.807) is 0 Å². The van der Waals surface area contributed by atoms with E-state index >= 15 is 0 Å². The third-order valence-electron chi connectivity index (χ3n) is 5.74. The first-order valence-corrected chi connectivity index (χ1v) is 11.8. The number of nitrogens with one attached hydrogen (secondary N) is 2. The number of benzene rings is 2. The lowest BCUT2D eigenvalue weighted by Crippen LogP contribution is -2.32. The summed E-state index contributed by atoms with van der Waals surface area (Å²) in [5.74, 6) is 2.18. The zero-order valence-electron chi connectivity index (χ0n) is 17.3. The van der Waals surface area contributed by atoms with E-state index in [0.29, 0.717) is 18.4 Å². The Hall–Kier alpha value is -2.52. The number of piperidine rings is 1. The molecule has 1 fully saturated rings. The number of hydrogen-bond acceptors (Lipinski definition) is 5. The molecule has 158 valence electrons. The van der Waals surface area contributed by atoms with Gasteiger partial charge in [0.2, 0.25) is 5.95 Å². The summed E-state index contributed by atoms with van der Waals surface area (Å²) in [6, 6.07) is 18.7. The van der Waals surface area contributed by atoms with Crippen molar-refractivity contribution >= 4 is 39.7 Å². The van der Waals surface area contributed by atoms with Gasteiger partial charge >= 0.3 is 0 Å². The topological polar surface area (TPSA) is 67.7 Å². The second kappa shape index (κ2) is 9.32. The minimum absolute atomic E-state index is 0.571. The Labute approximate surface area is 195 Å². The first-order chi connectivity index (χ1) is 15.3. The molecule has 2 aromatic heterocycles. The van der Waals surface area contributed by atoms with Crippen molar-refractivity contribution in [2.24, 2.45) is 5.92 Å². The number of fused-ring (bicyclic) bond motifs is 1. The van der Waals surface area contributed by atoms with Crippen LogP contribution < -0.4 is 10.6 Å². The zero-order chi connectivity index (χ0) is 21.0. The van der Waals surface area contributed by atoms with Gasteiger partial charge in [-0.1, -0.05) is 48.5 Å². The predicted octanol–water partition coefficient (Wildman–Crippen LogP) is 4.71. The highest BCUT2D eigenvalue weighted by Gasteiger charge is 2.21. The molecule has 1 atom stereocenters. The number of rotatable bonds is 6. The van der Waals surface area contributed by atoms with Crippen LogP contribution in [-0.4, -0.2) is 32.6 Å². The molecule has 0 bridgehead atoms. The van der Waals surface area contributed by atoms with Crippen LogP contribution in [-0.2, 0) is 13.1 Å². The lowest BCUT2D eigenvalue weighted by atomic mass is 9.99. The van der Waals surface area contributed by atoms with Crippen molar-refractivity contribution in [1.29, 1.82) is 0 Å². The van der Waals surface area contributed by atoms with Crippen LogP contribution in [0.1, 0.15) is 18.4 Å². The van der Waals surface area contributed by atoms with E-state index in [4.69, 9.17) is 9.97 Å². The highest BCUT2D eigenvalue weighted by Crippen LogP contribution is 2.29. The van der Waals surface area contributed by atoms with E-state index in [1.807, 2.05) is 24.4 Å². The molecule has 0 aliphatic carbocycles. The molecule has 4 aromatic rings. The average Bonchev–Trinajstić information content (AvgIpc) is 3.17. The van der Waals surface area contributed by atoms with E-state index < -0.39 is 0 Å². The Morgan fingerprint density at radius 1 is 1.06 bits per heavy atom. The molecule has 5 rings (SSSR count). The lowest BCUT2D eigenvalue weighted by Gasteiger charge is -2.24. The zero-order valence-corrected chi connectivity index (χ0v) is 19.4. The Bertz CT molecular complexity index is 1170. The monoisotopic (exact) mass is 524 g/mol. The molecule has 31 heavy (non-hydrogen) atoms. The van der Waals surface area contributed by atoms with Crippen LogP contribution in [0.25, 0.3) is 22.6 Å². The Kier molecular flexibility index (Phi) is 6.13. The van der Waals surface area contributed by atoms with E-state index in [9.17, 15) is 0 Å². The van der Waals surface area contributed by atoms with E-state index in [0.717, 1.165) is 42.2 Å². The molecule has 3 heterocycles. The molecular weight excluding hydrogens is 499 g/mol. The molecule has 1 saturated heterocycles. The van der Waals surface area contributed by atoms with Crippen LogP contribution >= 0.6 is 22.6 Å². The molecule has 1 aliphatic heterocycles. The molecule has 0 spiro atoms. The van der Waals surface area contributed by atoms with Gasteiger partial charge in [0.15, 0.2) is 5.65 Å². The van der Waals surface area contributed by atoms with E-state index in [-0.39, 0.29) is 0 Å². The van der Waals surface area contributed by atoms with Gasteiger partial charge in [0, 0.05) is 22.2 Å². The molecule has 0 amide bonds. The third kappa shape index (κ3) is 4.57. The molecule has 7 heteroatoms. The standard InChI is InChI=1S/C24H25IN6/c25-20-11-5-4-10-19(20)22-29-21-15-28-24(27-14-17-7-2-1-3-8-17)30-23(21)31(22)16-18-9-6-12-26-13-18/h1-5,7-8,10-11,15,18,26H,6,9,12-14,16H2,(H,27,28,30)/t18-/m1/s1. The maximum absolute atomic E-state index is 4.95. The maximum Gasteiger partial charge on any atom is 0.225 e. The fraction of sp³-hybridized carbons (Fsp3) is 0.292. The molecule has 2 aromatic carbocycles. The molecule has 0 unspecified atom stereocenters. The summed E-state index contributed by atoms with van der Waals surface area (Å²) in [5, 5.41) is 6.90. The quantitative estimate of drug-likeness (QED) is 0.358. The van der Waals surface area contributed by atoms with Crippen molar-refractivity contribution < 1.29 is 0 Å². The number of hydrogen-bond donors (Lipinski definition) is 2. The molecular formula is C24H25IN6. The van der Waals surface area contributed by atoms with Crippen LogP contribution in [0, 0.1) is 9.49 Å². The van der Waals surface area contributed by atoms with Gasteiger partial charge in [-0.15, -0.1) is 0 Å². The highest BCUT2D eigenvalue weighted by atomic mass is 127. The van der Waals surface area contributed by atoms with Gasteiger partial charge in [0.25, 0.3) is 0 Å². The van der Waals surface area contributed by atoms with Crippen LogP contribution in [0.15, 0.2) is 60.8 Å². The van der Waals surface area contributed by atoms with Crippen LogP contribution in [0.2, 0.25) is 0 Å². The number of aromatic nitrogens is 4. The van der Waals surface area contributed by atoms with Crippen LogP contribution in [0.4, 0.5) is 5.95 Å². The predicted molar refractivity (Wildman–Crippen MR) is 133 cm³/mol. The number of halogens is 1. The van der Waals surface area contributed by atoms with Crippen molar-refractivity contribution in [3.05, 3.63) is 69.9 Å². The fourth-order valence-corrected chi connectivity index (χ4v) is 4.77. The average molecular weight is 524 g/mol. The van der Waals surface area contributed by atoms with Gasteiger partial charge in [-0.2, -0.15) is 4.98 Å². The summed E-state index contributed by atoms with van der Waals surface area (Å²) in [6.07, 6.45) is 4.28. The first kappa shape index (κ1) is 20.4. The van der Waals surface area contributed by atoms with Gasteiger partial charge in [-0.3, -0.25) is 0 Å². The Morgan fingerprint density at radius 2 is 1.90 bits per heavy atom. The molecule has 2 N–H and O–H groups in total. The van der Waals surface area contributed by atoms with Crippen molar-refractivity contribution in [2.45, 2.75) is 25.9 Å². The van der Waals surface area contributed by atoms with Crippen molar-refractivity contribution in [3.8, 4) is 11.4 Å². The van der Waals surface area contributed by atoms with Gasteiger partial charge in [0.1, 0.15) is 11.3 Å². The summed E-state index contributed by atoms with van der Waals surface area (Å²) in [4.78, 5) is 14.4. The lowest BCUT2D eigenvalue weighted by molar-refractivity contribution is 0.341. The molecule has 0 saturated carbocycles. The van der Waals surface area contributed by atoms with Gasteiger partial charge < -0.3 is 15.2 Å². The van der Waals surface area contributed by atoms with Gasteiger partial charge in [0.05, 0.1) is 6.20 Å². The maximum atomic E-state index is 4.95. The second-order valence-electron chi connectivity index (χ2n) is 7.98. The van der Waals surface area contributed by atoms with E-state index in [1.165, 1.54) is 22.0 Å². The van der Waals surface area contributed by atoms with Gasteiger partial charge in [-0.25, -0.2) is 9.97 Å². The molecule has 0 radical (unpaired) electrons. The molecule has 6 nitrogen and oxygen atoms in total. The summed E-state index contributed by atoms with van der Waals surface area (Å²) in [5.41, 5.74) is 4.07. The summed E-state index contributed by atoms with van der Waals surface area (Å²) in [7, 11) is 0.